The molecule has 0 aromatic carbocycles. The van der Waals surface area contributed by atoms with Gasteiger partial charge in [-0.1, -0.05) is 156 Å². The Morgan fingerprint density at radius 1 is 0.379 bits per heavy atom. The summed E-state index contributed by atoms with van der Waals surface area (Å²) in [5, 5.41) is -4.07. The van der Waals surface area contributed by atoms with Gasteiger partial charge in [-0.25, -0.2) is 16.8 Å². The molecule has 2 unspecified atom stereocenters. The van der Waals surface area contributed by atoms with E-state index in [1.165, 1.54) is 12.8 Å². The monoisotopic (exact) mass is 888 g/mol. The predicted molar refractivity (Wildman–Crippen MR) is 214 cm³/mol. The fourth-order valence-corrected chi connectivity index (χ4v) is 6.75. The van der Waals surface area contributed by atoms with E-state index in [1.807, 2.05) is 0 Å². The minimum Gasteiger partial charge on any atom is -0.747 e. The van der Waals surface area contributed by atoms with E-state index in [0.717, 1.165) is 116 Å². The largest absolute Gasteiger partial charge is 1.00 e. The average Bonchev–Trinajstić information content (AvgIpc) is 3.13. The number of esters is 4. The Hall–Kier alpha value is -0.300. The van der Waals surface area contributed by atoms with Gasteiger partial charge in [0.2, 0.25) is 0 Å². The first-order valence-electron chi connectivity index (χ1n) is 21.2. The zero-order valence-corrected chi connectivity index (χ0v) is 42.5. The van der Waals surface area contributed by atoms with Gasteiger partial charge in [0.05, 0.1) is 39.3 Å². The molecule has 0 saturated heterocycles. The molecule has 2 atom stereocenters. The van der Waals surface area contributed by atoms with Gasteiger partial charge in [0.25, 0.3) is 0 Å². The molecule has 0 fully saturated rings. The van der Waals surface area contributed by atoms with Gasteiger partial charge >= 0.3 is 83.0 Å². The third-order valence-corrected chi connectivity index (χ3v) is 11.0. The van der Waals surface area contributed by atoms with E-state index in [1.54, 1.807) is 0 Å². The molecule has 0 aromatic heterocycles. The summed E-state index contributed by atoms with van der Waals surface area (Å²) in [4.78, 5) is 47.4. The van der Waals surface area contributed by atoms with Gasteiger partial charge < -0.3 is 28.1 Å². The predicted octanol–water partition coefficient (Wildman–Crippen LogP) is 2.20. The molecule has 0 saturated carbocycles. The topological polar surface area (TPSA) is 220 Å². The Bertz CT molecular complexity index is 1140. The van der Waals surface area contributed by atoms with Crippen LogP contribution < -0.4 is 59.1 Å². The Labute approximate surface area is 395 Å². The molecule has 0 bridgehead atoms. The van der Waals surface area contributed by atoms with E-state index in [0.29, 0.717) is 25.7 Å². The molecule has 14 nitrogen and oxygen atoms in total. The van der Waals surface area contributed by atoms with Crippen LogP contribution in [0.15, 0.2) is 0 Å². The maximum Gasteiger partial charge on any atom is 1.00 e. The van der Waals surface area contributed by atoms with Crippen LogP contribution in [0.3, 0.4) is 0 Å². The zero-order valence-electron chi connectivity index (χ0n) is 36.9. The van der Waals surface area contributed by atoms with E-state index in [2.05, 4.69) is 27.7 Å². The van der Waals surface area contributed by atoms with Crippen molar-refractivity contribution in [1.82, 2.24) is 0 Å². The third-order valence-electron chi connectivity index (χ3n) is 8.93. The second-order valence-electron chi connectivity index (χ2n) is 14.2. The van der Waals surface area contributed by atoms with Gasteiger partial charge in [0, 0.05) is 0 Å². The second kappa shape index (κ2) is 43.4. The van der Waals surface area contributed by atoms with Gasteiger partial charge in [-0.05, 0) is 25.7 Å². The summed E-state index contributed by atoms with van der Waals surface area (Å²) in [6, 6.07) is 0. The van der Waals surface area contributed by atoms with Gasteiger partial charge in [-0.15, -0.1) is 0 Å². The van der Waals surface area contributed by atoms with E-state index < -0.39 is 67.5 Å². The second-order valence-corrected chi connectivity index (χ2v) is 17.3. The third kappa shape index (κ3) is 41.1. The van der Waals surface area contributed by atoms with Gasteiger partial charge in [-0.2, -0.15) is 0 Å². The molecule has 58 heavy (non-hydrogen) atoms. The van der Waals surface area contributed by atoms with Crippen molar-refractivity contribution in [3.05, 3.63) is 0 Å². The smallest absolute Gasteiger partial charge is 0.747 e. The molecule has 332 valence electrons. The van der Waals surface area contributed by atoms with Crippen molar-refractivity contribution in [3.8, 4) is 0 Å². The molecule has 0 heterocycles. The Kier molecular flexibility index (Phi) is 48.1. The first kappa shape index (κ1) is 64.3. The summed E-state index contributed by atoms with van der Waals surface area (Å²) < 4.78 is 87.7. The Morgan fingerprint density at radius 3 is 0.810 bits per heavy atom. The van der Waals surface area contributed by atoms with Gasteiger partial charge in [-0.3, -0.25) is 19.2 Å². The van der Waals surface area contributed by atoms with Crippen molar-refractivity contribution < 1.29 is 123 Å². The Balaban J connectivity index is -0.000000486. The fraction of sp³-hybridized carbons (Fsp3) is 0.900. The van der Waals surface area contributed by atoms with Crippen LogP contribution in [0.25, 0.3) is 0 Å². The van der Waals surface area contributed by atoms with Gasteiger partial charge in [0.1, 0.15) is 20.2 Å². The van der Waals surface area contributed by atoms with E-state index >= 15 is 0 Å². The van der Waals surface area contributed by atoms with Crippen LogP contribution in [-0.4, -0.2) is 86.7 Å². The van der Waals surface area contributed by atoms with E-state index in [4.69, 9.17) is 18.9 Å². The van der Waals surface area contributed by atoms with Crippen molar-refractivity contribution >= 4 is 44.1 Å². The van der Waals surface area contributed by atoms with Crippen LogP contribution in [0, 0.1) is 0 Å². The van der Waals surface area contributed by atoms with Crippen molar-refractivity contribution in [3.63, 3.8) is 0 Å². The van der Waals surface area contributed by atoms with Crippen molar-refractivity contribution in [2.24, 2.45) is 0 Å². The number of unbranched alkanes of at least 4 members (excludes halogenated alkanes) is 20. The summed E-state index contributed by atoms with van der Waals surface area (Å²) in [6.45, 7) is 8.88. The molecule has 0 N–H and O–H groups in total. The SMILES string of the molecule is CCCCCCCCOC(=O)CC(C(=O)OCCCCCCCC)S(=O)(=O)[O-].CCCCCCCCOC(=O)CC(C(=O)OCCCCCCCC)S(=O)(=O)[O-].[Na+].[Na+]. The van der Waals surface area contributed by atoms with Crippen LogP contribution in [0.1, 0.15) is 195 Å². The summed E-state index contributed by atoms with van der Waals surface area (Å²) >= 11 is 0. The molecule has 18 heteroatoms. The number of hydrogen-bond donors (Lipinski definition) is 0. The minimum absolute atomic E-state index is 0. The molecule has 0 aromatic rings. The number of carbonyl (C=O) groups is 4. The molecule has 0 aliphatic carbocycles. The number of carbonyl (C=O) groups excluding carboxylic acids is 4. The van der Waals surface area contributed by atoms with Crippen LogP contribution in [-0.2, 0) is 58.4 Å². The summed E-state index contributed by atoms with van der Waals surface area (Å²) in [5.74, 6) is -4.07. The van der Waals surface area contributed by atoms with Crippen molar-refractivity contribution in [2.45, 2.75) is 205 Å². The molecule has 0 radical (unpaired) electrons. The first-order chi connectivity index (χ1) is 26.6. The normalized spacial score (nSPS) is 12.1. The van der Waals surface area contributed by atoms with Gasteiger partial charge in [0.15, 0.2) is 10.5 Å². The number of rotatable bonds is 36. The van der Waals surface area contributed by atoms with E-state index in [-0.39, 0.29) is 85.5 Å². The fourth-order valence-electron chi connectivity index (χ4n) is 5.46. The minimum atomic E-state index is -4.98. The van der Waals surface area contributed by atoms with E-state index in [9.17, 15) is 45.1 Å². The molecule has 0 spiro atoms. The maximum absolute atomic E-state index is 11.9. The van der Waals surface area contributed by atoms with Crippen LogP contribution >= 0.6 is 0 Å². The Morgan fingerprint density at radius 2 is 0.586 bits per heavy atom. The summed E-state index contributed by atoms with van der Waals surface area (Å²) in [5.41, 5.74) is 0. The van der Waals surface area contributed by atoms with Crippen LogP contribution in [0.2, 0.25) is 0 Å². The quantitative estimate of drug-likeness (QED) is 0.0290. The van der Waals surface area contributed by atoms with Crippen LogP contribution in [0.4, 0.5) is 0 Å². The average molecular weight is 889 g/mol. The number of ether oxygens (including phenoxy) is 4. The zero-order chi connectivity index (χ0) is 42.5. The number of hydrogen-bond acceptors (Lipinski definition) is 14. The van der Waals surface area contributed by atoms with Crippen molar-refractivity contribution in [1.29, 1.82) is 0 Å². The maximum atomic E-state index is 11.9. The molecule has 0 amide bonds. The summed E-state index contributed by atoms with van der Waals surface area (Å²) in [7, 11) is -9.97. The molecule has 0 aliphatic rings. The molecule has 0 aliphatic heterocycles. The molecular weight excluding hydrogens is 815 g/mol. The first-order valence-corrected chi connectivity index (χ1v) is 24.1. The molecular formula is C40H74Na2O14S2. The van der Waals surface area contributed by atoms with Crippen LogP contribution in [0.5, 0.6) is 0 Å². The van der Waals surface area contributed by atoms with Crippen molar-refractivity contribution in [2.75, 3.05) is 26.4 Å². The standard InChI is InChI=1S/2C20H38O7S.2Na/c2*1-3-5-7-9-11-13-15-26-19(21)17-18(28(23,24)25)20(22)27-16-14-12-10-8-6-4-2;;/h2*18H,3-17H2,1-2H3,(H,23,24,25);;/q;;2*+1/p-2. The summed E-state index contributed by atoms with van der Waals surface area (Å²) in [6.07, 6.45) is 22.3. The molecule has 0 rings (SSSR count).